The Kier molecular flexibility index (Phi) is 4.29. The van der Waals surface area contributed by atoms with E-state index in [9.17, 15) is 13.2 Å². The van der Waals surface area contributed by atoms with Gasteiger partial charge >= 0.3 is 0 Å². The first-order valence-corrected chi connectivity index (χ1v) is 6.13. The summed E-state index contributed by atoms with van der Waals surface area (Å²) >= 11 is 0. The van der Waals surface area contributed by atoms with E-state index in [1.54, 1.807) is 6.92 Å². The van der Waals surface area contributed by atoms with E-state index in [1.165, 1.54) is 30.3 Å². The predicted molar refractivity (Wildman–Crippen MR) is 70.3 cm³/mol. The molecule has 2 aromatic rings. The lowest BCUT2D eigenvalue weighted by atomic mass is 10.1. The van der Waals surface area contributed by atoms with Crippen molar-refractivity contribution >= 4 is 0 Å². The van der Waals surface area contributed by atoms with Crippen LogP contribution in [0.15, 0.2) is 30.3 Å². The number of ether oxygens (including phenoxy) is 1. The zero-order valence-electron chi connectivity index (χ0n) is 10.9. The number of hydrogen-bond acceptors (Lipinski definition) is 2. The summed E-state index contributed by atoms with van der Waals surface area (Å²) in [5, 5.41) is 0. The molecule has 0 spiro atoms. The van der Waals surface area contributed by atoms with Gasteiger partial charge in [-0.3, -0.25) is 0 Å². The summed E-state index contributed by atoms with van der Waals surface area (Å²) in [6.07, 6.45) is 0.379. The van der Waals surface area contributed by atoms with Gasteiger partial charge in [-0.1, -0.05) is 0 Å². The molecule has 0 aliphatic rings. The Morgan fingerprint density at radius 2 is 1.70 bits per heavy atom. The van der Waals surface area contributed by atoms with E-state index in [2.05, 4.69) is 0 Å². The van der Waals surface area contributed by atoms with Crippen LogP contribution in [0.3, 0.4) is 0 Å². The van der Waals surface area contributed by atoms with Crippen molar-refractivity contribution in [3.63, 3.8) is 0 Å². The van der Waals surface area contributed by atoms with Gasteiger partial charge in [-0.05, 0) is 61.3 Å². The minimum absolute atomic E-state index is 0.204. The maximum Gasteiger partial charge on any atom is 0.198 e. The van der Waals surface area contributed by atoms with Crippen molar-refractivity contribution in [3.05, 3.63) is 58.9 Å². The Balaban J connectivity index is 2.33. The molecule has 0 unspecified atom stereocenters. The topological polar surface area (TPSA) is 35.2 Å². The lowest BCUT2D eigenvalue weighted by molar-refractivity contribution is 0.403. The van der Waals surface area contributed by atoms with Gasteiger partial charge in [0.1, 0.15) is 11.6 Å². The second-order valence-electron chi connectivity index (χ2n) is 4.44. The normalized spacial score (nSPS) is 10.7. The largest absolute Gasteiger partial charge is 0.451 e. The van der Waals surface area contributed by atoms with Crippen LogP contribution in [0.2, 0.25) is 0 Å². The van der Waals surface area contributed by atoms with Crippen molar-refractivity contribution in [2.75, 3.05) is 6.54 Å². The standard InChI is InChI=1S/C15H14F3NO/c1-9-6-11(16)2-3-14(9)20-15-12(17)7-10(4-5-19)8-13(15)18/h2-3,6-8H,4-5,19H2,1H3. The van der Waals surface area contributed by atoms with Gasteiger partial charge in [-0.2, -0.15) is 0 Å². The summed E-state index contributed by atoms with van der Waals surface area (Å²) in [5.74, 6) is -2.35. The molecule has 106 valence electrons. The predicted octanol–water partition coefficient (Wildman–Crippen LogP) is 3.71. The van der Waals surface area contributed by atoms with Crippen LogP contribution >= 0.6 is 0 Å². The molecule has 0 radical (unpaired) electrons. The van der Waals surface area contributed by atoms with Crippen LogP contribution in [-0.2, 0) is 6.42 Å². The van der Waals surface area contributed by atoms with Crippen molar-refractivity contribution in [3.8, 4) is 11.5 Å². The monoisotopic (exact) mass is 281 g/mol. The second kappa shape index (κ2) is 5.96. The van der Waals surface area contributed by atoms with Crippen LogP contribution in [0, 0.1) is 24.4 Å². The zero-order chi connectivity index (χ0) is 14.7. The van der Waals surface area contributed by atoms with E-state index in [-0.39, 0.29) is 5.75 Å². The highest BCUT2D eigenvalue weighted by Crippen LogP contribution is 2.30. The van der Waals surface area contributed by atoms with Crippen LogP contribution in [0.5, 0.6) is 11.5 Å². The molecule has 0 aromatic heterocycles. The van der Waals surface area contributed by atoms with Crippen molar-refractivity contribution in [1.29, 1.82) is 0 Å². The first-order chi connectivity index (χ1) is 9.51. The lowest BCUT2D eigenvalue weighted by Crippen LogP contribution is -2.04. The average Bonchev–Trinajstić information content (AvgIpc) is 2.36. The Bertz CT molecular complexity index is 606. The Morgan fingerprint density at radius 3 is 2.25 bits per heavy atom. The molecule has 0 bridgehead atoms. The average molecular weight is 281 g/mol. The highest BCUT2D eigenvalue weighted by atomic mass is 19.1. The van der Waals surface area contributed by atoms with Gasteiger partial charge in [0.2, 0.25) is 0 Å². The number of rotatable bonds is 4. The molecule has 0 amide bonds. The van der Waals surface area contributed by atoms with Gasteiger partial charge in [0.15, 0.2) is 17.4 Å². The highest BCUT2D eigenvalue weighted by molar-refractivity contribution is 5.39. The first-order valence-electron chi connectivity index (χ1n) is 6.13. The molecule has 0 saturated heterocycles. The van der Waals surface area contributed by atoms with E-state index in [4.69, 9.17) is 10.5 Å². The molecule has 2 aromatic carbocycles. The molecule has 0 heterocycles. The van der Waals surface area contributed by atoms with Crippen LogP contribution in [-0.4, -0.2) is 6.54 Å². The second-order valence-corrected chi connectivity index (χ2v) is 4.44. The summed E-state index contributed by atoms with van der Waals surface area (Å²) in [4.78, 5) is 0. The fourth-order valence-electron chi connectivity index (χ4n) is 1.86. The molecule has 2 N–H and O–H groups in total. The minimum Gasteiger partial charge on any atom is -0.451 e. The number of nitrogens with two attached hydrogens (primary N) is 1. The molecule has 0 aliphatic carbocycles. The number of aryl methyl sites for hydroxylation is 1. The van der Waals surface area contributed by atoms with E-state index in [0.29, 0.717) is 24.1 Å². The summed E-state index contributed by atoms with van der Waals surface area (Å²) < 4.78 is 45.9. The molecular formula is C15H14F3NO. The number of halogens is 3. The van der Waals surface area contributed by atoms with Crippen molar-refractivity contribution < 1.29 is 17.9 Å². The number of hydrogen-bond donors (Lipinski definition) is 1. The molecule has 0 aliphatic heterocycles. The molecule has 20 heavy (non-hydrogen) atoms. The summed E-state index contributed by atoms with van der Waals surface area (Å²) in [6, 6.07) is 6.10. The summed E-state index contributed by atoms with van der Waals surface area (Å²) in [5.41, 5.74) is 6.26. The summed E-state index contributed by atoms with van der Waals surface area (Å²) in [6.45, 7) is 1.90. The zero-order valence-corrected chi connectivity index (χ0v) is 10.9. The fourth-order valence-corrected chi connectivity index (χ4v) is 1.86. The molecule has 2 rings (SSSR count). The quantitative estimate of drug-likeness (QED) is 0.927. The molecular weight excluding hydrogens is 267 g/mol. The maximum absolute atomic E-state index is 13.9. The number of benzene rings is 2. The Hall–Kier alpha value is -2.01. The third-order valence-electron chi connectivity index (χ3n) is 2.84. The molecule has 0 saturated carbocycles. The molecule has 0 atom stereocenters. The fraction of sp³-hybridized carbons (Fsp3) is 0.200. The SMILES string of the molecule is Cc1cc(F)ccc1Oc1c(F)cc(CCN)cc1F. The van der Waals surface area contributed by atoms with E-state index < -0.39 is 23.2 Å². The van der Waals surface area contributed by atoms with Crippen molar-refractivity contribution in [2.45, 2.75) is 13.3 Å². The van der Waals surface area contributed by atoms with E-state index >= 15 is 0 Å². The third-order valence-corrected chi connectivity index (χ3v) is 2.84. The minimum atomic E-state index is -0.808. The molecule has 0 fully saturated rings. The van der Waals surface area contributed by atoms with Crippen molar-refractivity contribution in [2.24, 2.45) is 5.73 Å². The van der Waals surface area contributed by atoms with Crippen LogP contribution in [0.25, 0.3) is 0 Å². The van der Waals surface area contributed by atoms with Crippen LogP contribution in [0.1, 0.15) is 11.1 Å². The van der Waals surface area contributed by atoms with Crippen LogP contribution < -0.4 is 10.5 Å². The Morgan fingerprint density at radius 1 is 1.05 bits per heavy atom. The third kappa shape index (κ3) is 3.11. The van der Waals surface area contributed by atoms with Gasteiger partial charge in [0.05, 0.1) is 0 Å². The molecule has 5 heteroatoms. The summed E-state index contributed by atoms with van der Waals surface area (Å²) in [7, 11) is 0. The van der Waals surface area contributed by atoms with E-state index in [1.807, 2.05) is 0 Å². The van der Waals surface area contributed by atoms with Gasteiger partial charge in [-0.15, -0.1) is 0 Å². The van der Waals surface area contributed by atoms with Gasteiger partial charge in [0.25, 0.3) is 0 Å². The van der Waals surface area contributed by atoms with E-state index in [0.717, 1.165) is 0 Å². The smallest absolute Gasteiger partial charge is 0.198 e. The maximum atomic E-state index is 13.9. The van der Waals surface area contributed by atoms with Gasteiger partial charge < -0.3 is 10.5 Å². The lowest BCUT2D eigenvalue weighted by Gasteiger charge is -2.11. The van der Waals surface area contributed by atoms with Crippen LogP contribution in [0.4, 0.5) is 13.2 Å². The Labute approximate surface area is 115 Å². The van der Waals surface area contributed by atoms with Crippen molar-refractivity contribution in [1.82, 2.24) is 0 Å². The molecule has 2 nitrogen and oxygen atoms in total. The highest BCUT2D eigenvalue weighted by Gasteiger charge is 2.14. The van der Waals surface area contributed by atoms with Gasteiger partial charge in [-0.25, -0.2) is 13.2 Å². The van der Waals surface area contributed by atoms with Gasteiger partial charge in [0, 0.05) is 0 Å². The first kappa shape index (κ1) is 14.4.